The quantitative estimate of drug-likeness (QED) is 0.746. The minimum atomic E-state index is -0.288. The fourth-order valence-corrected chi connectivity index (χ4v) is 5.67. The predicted octanol–water partition coefficient (Wildman–Crippen LogP) is 3.09. The van der Waals surface area contributed by atoms with Gasteiger partial charge in [0.05, 0.1) is 13.2 Å². The maximum atomic E-state index is 13.4. The van der Waals surface area contributed by atoms with E-state index in [0.717, 1.165) is 65.2 Å². The van der Waals surface area contributed by atoms with Crippen LogP contribution in [0.2, 0.25) is 0 Å². The standard InChI is InChI=1S/C25H39N3O2/c29-24(25(12-5-2-6-13-25)28-16-18-30-19-17-28)26-20-23-10-7-14-27(21-23)15-11-22-8-3-1-4-9-22/h1,3-4,8-9,23H,2,5-7,10-21H2,(H,26,29). The van der Waals surface area contributed by atoms with E-state index >= 15 is 0 Å². The Bertz CT molecular complexity index is 654. The number of hydrogen-bond donors (Lipinski definition) is 1. The van der Waals surface area contributed by atoms with Crippen molar-refractivity contribution in [1.29, 1.82) is 0 Å². The van der Waals surface area contributed by atoms with Gasteiger partial charge in [0.1, 0.15) is 5.54 Å². The van der Waals surface area contributed by atoms with E-state index in [2.05, 4.69) is 45.4 Å². The van der Waals surface area contributed by atoms with Crippen LogP contribution >= 0.6 is 0 Å². The normalized spacial score (nSPS) is 25.7. The first kappa shape index (κ1) is 21.8. The van der Waals surface area contributed by atoms with Crippen LogP contribution in [0.25, 0.3) is 0 Å². The molecular weight excluding hydrogens is 374 g/mol. The molecule has 5 heteroatoms. The Kier molecular flexibility index (Phi) is 7.80. The Morgan fingerprint density at radius 3 is 2.57 bits per heavy atom. The maximum absolute atomic E-state index is 13.4. The smallest absolute Gasteiger partial charge is 0.240 e. The Morgan fingerprint density at radius 2 is 1.80 bits per heavy atom. The third kappa shape index (κ3) is 5.43. The highest BCUT2D eigenvalue weighted by atomic mass is 16.5. The van der Waals surface area contributed by atoms with E-state index in [-0.39, 0.29) is 11.4 Å². The number of hydrogen-bond acceptors (Lipinski definition) is 4. The molecule has 0 spiro atoms. The average Bonchev–Trinajstić information content (AvgIpc) is 2.83. The lowest BCUT2D eigenvalue weighted by molar-refractivity contribution is -0.140. The molecule has 0 radical (unpaired) electrons. The highest BCUT2D eigenvalue weighted by molar-refractivity contribution is 5.86. The van der Waals surface area contributed by atoms with Crippen LogP contribution in [0.15, 0.2) is 30.3 Å². The summed E-state index contributed by atoms with van der Waals surface area (Å²) in [6, 6.07) is 10.8. The molecule has 3 fully saturated rings. The number of benzene rings is 1. The zero-order valence-corrected chi connectivity index (χ0v) is 18.5. The number of morpholine rings is 1. The number of nitrogens with zero attached hydrogens (tertiary/aromatic N) is 2. The van der Waals surface area contributed by atoms with E-state index in [4.69, 9.17) is 4.74 Å². The largest absolute Gasteiger partial charge is 0.379 e. The second-order valence-electron chi connectivity index (χ2n) is 9.45. The molecule has 30 heavy (non-hydrogen) atoms. The topological polar surface area (TPSA) is 44.8 Å². The van der Waals surface area contributed by atoms with Gasteiger partial charge in [-0.3, -0.25) is 9.69 Å². The lowest BCUT2D eigenvalue weighted by atomic mass is 9.79. The van der Waals surface area contributed by atoms with Crippen molar-refractivity contribution >= 4 is 5.91 Å². The SMILES string of the molecule is O=C(NCC1CCCN(CCc2ccccc2)C1)C1(N2CCOCC2)CCCCC1. The van der Waals surface area contributed by atoms with E-state index in [0.29, 0.717) is 5.92 Å². The van der Waals surface area contributed by atoms with Crippen LogP contribution in [-0.2, 0) is 16.0 Å². The number of nitrogens with one attached hydrogen (secondary N) is 1. The number of rotatable bonds is 7. The molecule has 1 amide bonds. The van der Waals surface area contributed by atoms with Gasteiger partial charge in [0.25, 0.3) is 0 Å². The fraction of sp³-hybridized carbons (Fsp3) is 0.720. The van der Waals surface area contributed by atoms with Crippen LogP contribution < -0.4 is 5.32 Å². The van der Waals surface area contributed by atoms with Crippen LogP contribution in [0, 0.1) is 5.92 Å². The van der Waals surface area contributed by atoms with Crippen LogP contribution in [0.5, 0.6) is 0 Å². The Morgan fingerprint density at radius 1 is 1.03 bits per heavy atom. The second kappa shape index (κ2) is 10.7. The molecule has 1 saturated carbocycles. The van der Waals surface area contributed by atoms with Gasteiger partial charge in [-0.05, 0) is 50.1 Å². The van der Waals surface area contributed by atoms with Gasteiger partial charge in [-0.2, -0.15) is 0 Å². The lowest BCUT2D eigenvalue weighted by Crippen LogP contribution is -2.62. The summed E-state index contributed by atoms with van der Waals surface area (Å²) in [7, 11) is 0. The van der Waals surface area contributed by atoms with E-state index < -0.39 is 0 Å². The highest BCUT2D eigenvalue weighted by Crippen LogP contribution is 2.34. The summed E-state index contributed by atoms with van der Waals surface area (Å²) in [6.07, 6.45) is 9.19. The van der Waals surface area contributed by atoms with Gasteiger partial charge in [-0.15, -0.1) is 0 Å². The van der Waals surface area contributed by atoms with Crippen LogP contribution in [0.4, 0.5) is 0 Å². The van der Waals surface area contributed by atoms with Crippen molar-refractivity contribution in [2.24, 2.45) is 5.92 Å². The summed E-state index contributed by atoms with van der Waals surface area (Å²) in [5.41, 5.74) is 1.13. The van der Waals surface area contributed by atoms with Gasteiger partial charge >= 0.3 is 0 Å². The van der Waals surface area contributed by atoms with Crippen LogP contribution in [-0.4, -0.2) is 73.7 Å². The molecule has 166 valence electrons. The zero-order valence-electron chi connectivity index (χ0n) is 18.5. The Hall–Kier alpha value is -1.43. The molecule has 1 aromatic carbocycles. The average molecular weight is 414 g/mol. The molecule has 1 aliphatic carbocycles. The van der Waals surface area contributed by atoms with E-state index in [1.54, 1.807) is 0 Å². The molecule has 0 aromatic heterocycles. The molecule has 2 aliphatic heterocycles. The third-order valence-electron chi connectivity index (χ3n) is 7.43. The van der Waals surface area contributed by atoms with Crippen molar-refractivity contribution in [3.8, 4) is 0 Å². The highest BCUT2D eigenvalue weighted by Gasteiger charge is 2.45. The molecule has 4 rings (SSSR count). The molecule has 0 bridgehead atoms. The van der Waals surface area contributed by atoms with Gasteiger partial charge in [-0.25, -0.2) is 0 Å². The van der Waals surface area contributed by atoms with Crippen molar-refractivity contribution in [3.05, 3.63) is 35.9 Å². The van der Waals surface area contributed by atoms with Crippen molar-refractivity contribution in [2.45, 2.75) is 56.9 Å². The van der Waals surface area contributed by atoms with Gasteiger partial charge in [0, 0.05) is 32.7 Å². The maximum Gasteiger partial charge on any atom is 0.240 e. The van der Waals surface area contributed by atoms with Crippen molar-refractivity contribution in [3.63, 3.8) is 0 Å². The van der Waals surface area contributed by atoms with Crippen molar-refractivity contribution in [2.75, 3.05) is 52.5 Å². The molecule has 1 aromatic rings. The molecule has 1 unspecified atom stereocenters. The predicted molar refractivity (Wildman–Crippen MR) is 121 cm³/mol. The molecule has 1 atom stereocenters. The number of piperidine rings is 1. The Balaban J connectivity index is 1.28. The molecular formula is C25H39N3O2. The number of ether oxygens (including phenoxy) is 1. The summed E-state index contributed by atoms with van der Waals surface area (Å²) in [4.78, 5) is 18.5. The van der Waals surface area contributed by atoms with Gasteiger partial charge in [0.15, 0.2) is 0 Å². The first-order chi connectivity index (χ1) is 14.8. The second-order valence-corrected chi connectivity index (χ2v) is 9.45. The van der Waals surface area contributed by atoms with E-state index in [9.17, 15) is 4.79 Å². The van der Waals surface area contributed by atoms with Gasteiger partial charge < -0.3 is 15.0 Å². The molecule has 2 saturated heterocycles. The van der Waals surface area contributed by atoms with E-state index in [1.165, 1.54) is 44.2 Å². The molecule has 5 nitrogen and oxygen atoms in total. The summed E-state index contributed by atoms with van der Waals surface area (Å²) in [6.45, 7) is 7.54. The first-order valence-corrected chi connectivity index (χ1v) is 12.1. The van der Waals surface area contributed by atoms with Crippen molar-refractivity contribution < 1.29 is 9.53 Å². The van der Waals surface area contributed by atoms with Gasteiger partial charge in [-0.1, -0.05) is 49.6 Å². The number of likely N-dealkylation sites (tertiary alicyclic amines) is 1. The third-order valence-corrected chi connectivity index (χ3v) is 7.43. The minimum Gasteiger partial charge on any atom is -0.379 e. The summed E-state index contributed by atoms with van der Waals surface area (Å²) < 4.78 is 5.56. The Labute approximate surface area is 182 Å². The molecule has 3 aliphatic rings. The summed E-state index contributed by atoms with van der Waals surface area (Å²) >= 11 is 0. The zero-order chi connectivity index (χ0) is 20.7. The number of carbonyl (C=O) groups is 1. The van der Waals surface area contributed by atoms with Gasteiger partial charge in [0.2, 0.25) is 5.91 Å². The lowest BCUT2D eigenvalue weighted by Gasteiger charge is -2.46. The number of amides is 1. The summed E-state index contributed by atoms with van der Waals surface area (Å²) in [5.74, 6) is 0.856. The van der Waals surface area contributed by atoms with Crippen LogP contribution in [0.1, 0.15) is 50.5 Å². The number of carbonyl (C=O) groups excluding carboxylic acids is 1. The summed E-state index contributed by atoms with van der Waals surface area (Å²) in [5, 5.41) is 3.41. The first-order valence-electron chi connectivity index (χ1n) is 12.1. The molecule has 2 heterocycles. The van der Waals surface area contributed by atoms with Crippen LogP contribution in [0.3, 0.4) is 0 Å². The minimum absolute atomic E-state index is 0.283. The van der Waals surface area contributed by atoms with E-state index in [1.807, 2.05) is 0 Å². The monoisotopic (exact) mass is 413 g/mol. The molecule has 1 N–H and O–H groups in total. The fourth-order valence-electron chi connectivity index (χ4n) is 5.67. The van der Waals surface area contributed by atoms with Crippen molar-refractivity contribution in [1.82, 2.24) is 15.1 Å².